The molecule has 1 atom stereocenters. The van der Waals surface area contributed by atoms with Gasteiger partial charge >= 0.3 is 0 Å². The van der Waals surface area contributed by atoms with Crippen molar-refractivity contribution in [1.82, 2.24) is 16.0 Å². The lowest BCUT2D eigenvalue weighted by atomic mass is 10.2. The predicted molar refractivity (Wildman–Crippen MR) is 50.1 cm³/mol. The summed E-state index contributed by atoms with van der Waals surface area (Å²) in [5.41, 5.74) is 0. The first-order chi connectivity index (χ1) is 5.85. The van der Waals surface area contributed by atoms with Gasteiger partial charge in [0, 0.05) is 6.67 Å². The summed E-state index contributed by atoms with van der Waals surface area (Å²) in [6.07, 6.45) is 2.88. The number of hydrogen-bond acceptors (Lipinski definition) is 4. The quantitative estimate of drug-likeness (QED) is 0.259. The first-order valence-electron chi connectivity index (χ1n) is 4.33. The van der Waals surface area contributed by atoms with Gasteiger partial charge in [0.25, 0.3) is 0 Å². The van der Waals surface area contributed by atoms with Crippen molar-refractivity contribution in [2.75, 3.05) is 27.3 Å². The molecule has 0 aromatic rings. The molecular weight excluding hydrogens is 154 g/mol. The van der Waals surface area contributed by atoms with E-state index in [0.717, 1.165) is 32.3 Å². The molecule has 4 heteroatoms. The molecule has 0 aliphatic carbocycles. The average molecular weight is 173 g/mol. The molecule has 0 radical (unpaired) electrons. The zero-order valence-electron chi connectivity index (χ0n) is 7.89. The van der Waals surface area contributed by atoms with Crippen LogP contribution in [0, 0.1) is 0 Å². The minimum atomic E-state index is 0.0152. The molecule has 0 aromatic heterocycles. The van der Waals surface area contributed by atoms with Crippen molar-refractivity contribution in [2.45, 2.75) is 18.9 Å². The monoisotopic (exact) mass is 173 g/mol. The zero-order chi connectivity index (χ0) is 9.23. The van der Waals surface area contributed by atoms with E-state index in [4.69, 9.17) is 0 Å². The summed E-state index contributed by atoms with van der Waals surface area (Å²) < 4.78 is 0. The number of carbonyl (C=O) groups is 1. The third-order valence-electron chi connectivity index (χ3n) is 1.71. The fourth-order valence-corrected chi connectivity index (χ4v) is 0.941. The van der Waals surface area contributed by atoms with Gasteiger partial charge in [0.2, 0.25) is 0 Å². The fraction of sp³-hybridized carbons (Fsp3) is 0.875. The standard InChI is InChI=1S/C8H19N3O/c1-9-7-11-5-3-4-8(6-12)10-2/h6,8-11H,3-5,7H2,1-2H3. The maximum Gasteiger partial charge on any atom is 0.136 e. The number of carbonyl (C=O) groups excluding carboxylic acids is 1. The van der Waals surface area contributed by atoms with Crippen molar-refractivity contribution >= 4 is 6.29 Å². The van der Waals surface area contributed by atoms with Crippen molar-refractivity contribution in [3.8, 4) is 0 Å². The fourth-order valence-electron chi connectivity index (χ4n) is 0.941. The van der Waals surface area contributed by atoms with Crippen LogP contribution in [-0.2, 0) is 4.79 Å². The molecule has 0 amide bonds. The van der Waals surface area contributed by atoms with Gasteiger partial charge in [-0.25, -0.2) is 0 Å². The van der Waals surface area contributed by atoms with Crippen LogP contribution in [0.4, 0.5) is 0 Å². The predicted octanol–water partition coefficient (Wildman–Crippen LogP) is -0.680. The molecule has 0 aliphatic heterocycles. The number of likely N-dealkylation sites (N-methyl/N-ethyl adjacent to an activating group) is 1. The van der Waals surface area contributed by atoms with Crippen molar-refractivity contribution in [2.24, 2.45) is 0 Å². The summed E-state index contributed by atoms with van der Waals surface area (Å²) in [5.74, 6) is 0. The van der Waals surface area contributed by atoms with Gasteiger partial charge in [-0.2, -0.15) is 0 Å². The molecule has 0 saturated heterocycles. The number of hydrogen-bond donors (Lipinski definition) is 3. The van der Waals surface area contributed by atoms with E-state index in [-0.39, 0.29) is 6.04 Å². The van der Waals surface area contributed by atoms with Gasteiger partial charge < -0.3 is 20.7 Å². The van der Waals surface area contributed by atoms with Gasteiger partial charge in [0.05, 0.1) is 6.04 Å². The lowest BCUT2D eigenvalue weighted by Gasteiger charge is -2.08. The van der Waals surface area contributed by atoms with E-state index in [9.17, 15) is 4.79 Å². The molecule has 72 valence electrons. The van der Waals surface area contributed by atoms with Crippen LogP contribution in [0.25, 0.3) is 0 Å². The molecule has 0 spiro atoms. The zero-order valence-corrected chi connectivity index (χ0v) is 7.89. The van der Waals surface area contributed by atoms with Crippen LogP contribution in [0.5, 0.6) is 0 Å². The van der Waals surface area contributed by atoms with Crippen LogP contribution >= 0.6 is 0 Å². The Morgan fingerprint density at radius 1 is 1.42 bits per heavy atom. The molecule has 0 heterocycles. The first-order valence-corrected chi connectivity index (χ1v) is 4.33. The summed E-state index contributed by atoms with van der Waals surface area (Å²) in [4.78, 5) is 10.4. The van der Waals surface area contributed by atoms with Crippen molar-refractivity contribution < 1.29 is 4.79 Å². The molecule has 0 saturated carbocycles. The Hall–Kier alpha value is -0.450. The minimum absolute atomic E-state index is 0.0152. The molecule has 0 fully saturated rings. The lowest BCUT2D eigenvalue weighted by Crippen LogP contribution is -2.30. The van der Waals surface area contributed by atoms with Crippen LogP contribution in [0.1, 0.15) is 12.8 Å². The Morgan fingerprint density at radius 3 is 2.67 bits per heavy atom. The summed E-state index contributed by atoms with van der Waals surface area (Å²) in [6, 6.07) is 0.0152. The first kappa shape index (κ1) is 11.6. The van der Waals surface area contributed by atoms with E-state index in [2.05, 4.69) is 16.0 Å². The smallest absolute Gasteiger partial charge is 0.136 e. The van der Waals surface area contributed by atoms with Gasteiger partial charge in [-0.3, -0.25) is 0 Å². The largest absolute Gasteiger partial charge is 0.311 e. The van der Waals surface area contributed by atoms with E-state index in [1.165, 1.54) is 0 Å². The van der Waals surface area contributed by atoms with Crippen LogP contribution in [0.15, 0.2) is 0 Å². The summed E-state index contributed by atoms with van der Waals surface area (Å²) in [5, 5.41) is 9.10. The average Bonchev–Trinajstić information content (AvgIpc) is 2.11. The van der Waals surface area contributed by atoms with Crippen LogP contribution in [-0.4, -0.2) is 39.6 Å². The van der Waals surface area contributed by atoms with Crippen LogP contribution in [0.3, 0.4) is 0 Å². The van der Waals surface area contributed by atoms with Gasteiger partial charge in [0.15, 0.2) is 0 Å². The molecule has 3 N–H and O–H groups in total. The highest BCUT2D eigenvalue weighted by Gasteiger charge is 2.01. The second-order valence-corrected chi connectivity index (χ2v) is 2.70. The second-order valence-electron chi connectivity index (χ2n) is 2.70. The maximum absolute atomic E-state index is 10.4. The third-order valence-corrected chi connectivity index (χ3v) is 1.71. The molecule has 1 unspecified atom stereocenters. The molecule has 0 aliphatic rings. The van der Waals surface area contributed by atoms with Crippen LogP contribution in [0.2, 0.25) is 0 Å². The third kappa shape index (κ3) is 6.27. The highest BCUT2D eigenvalue weighted by Crippen LogP contribution is 1.91. The van der Waals surface area contributed by atoms with E-state index < -0.39 is 0 Å². The van der Waals surface area contributed by atoms with Crippen LogP contribution < -0.4 is 16.0 Å². The summed E-state index contributed by atoms with van der Waals surface area (Å²) in [6.45, 7) is 1.78. The highest BCUT2D eigenvalue weighted by atomic mass is 16.1. The molecule has 0 rings (SSSR count). The Labute approximate surface area is 74.1 Å². The van der Waals surface area contributed by atoms with E-state index in [1.807, 2.05) is 7.05 Å². The van der Waals surface area contributed by atoms with E-state index in [1.54, 1.807) is 7.05 Å². The topological polar surface area (TPSA) is 53.2 Å². The Balaban J connectivity index is 3.12. The summed E-state index contributed by atoms with van der Waals surface area (Å²) >= 11 is 0. The Kier molecular flexibility index (Phi) is 8.32. The molecule has 4 nitrogen and oxygen atoms in total. The SMILES string of the molecule is CNCNCCCC(C=O)NC. The van der Waals surface area contributed by atoms with Gasteiger partial charge in [-0.1, -0.05) is 0 Å². The van der Waals surface area contributed by atoms with Gasteiger partial charge in [-0.05, 0) is 33.5 Å². The van der Waals surface area contributed by atoms with Crippen molar-refractivity contribution in [3.05, 3.63) is 0 Å². The lowest BCUT2D eigenvalue weighted by molar-refractivity contribution is -0.109. The maximum atomic E-state index is 10.4. The molecule has 12 heavy (non-hydrogen) atoms. The van der Waals surface area contributed by atoms with E-state index in [0.29, 0.717) is 0 Å². The number of nitrogens with one attached hydrogen (secondary N) is 3. The number of rotatable bonds is 8. The normalized spacial score (nSPS) is 12.8. The molecule has 0 aromatic carbocycles. The Morgan fingerprint density at radius 2 is 2.17 bits per heavy atom. The van der Waals surface area contributed by atoms with Crippen molar-refractivity contribution in [1.29, 1.82) is 0 Å². The highest BCUT2D eigenvalue weighted by molar-refractivity contribution is 5.57. The molecule has 0 bridgehead atoms. The van der Waals surface area contributed by atoms with E-state index >= 15 is 0 Å². The Bertz CT molecular complexity index is 108. The van der Waals surface area contributed by atoms with Crippen molar-refractivity contribution in [3.63, 3.8) is 0 Å². The number of aldehydes is 1. The van der Waals surface area contributed by atoms with Gasteiger partial charge in [0.1, 0.15) is 6.29 Å². The molecular formula is C8H19N3O. The minimum Gasteiger partial charge on any atom is -0.311 e. The second kappa shape index (κ2) is 8.64. The van der Waals surface area contributed by atoms with Gasteiger partial charge in [-0.15, -0.1) is 0 Å². The summed E-state index contributed by atoms with van der Waals surface area (Å²) in [7, 11) is 3.70.